The van der Waals surface area contributed by atoms with Crippen LogP contribution in [0.4, 0.5) is 0 Å². The number of carboxylic acids is 2. The molecule has 3 N–H and O–H groups in total. The molecular formula is C20H30N4O5. The van der Waals surface area contributed by atoms with Crippen molar-refractivity contribution in [2.45, 2.75) is 13.5 Å². The van der Waals surface area contributed by atoms with E-state index in [1.54, 1.807) is 12.1 Å². The molecule has 1 aromatic rings. The summed E-state index contributed by atoms with van der Waals surface area (Å²) in [6.45, 7) is 6.60. The van der Waals surface area contributed by atoms with Gasteiger partial charge in [-0.3, -0.25) is 29.1 Å². The van der Waals surface area contributed by atoms with Gasteiger partial charge in [-0.2, -0.15) is 0 Å². The average Bonchev–Trinajstić information content (AvgIpc) is 2.74. The van der Waals surface area contributed by atoms with Crippen LogP contribution in [0.15, 0.2) is 24.3 Å². The molecule has 1 saturated heterocycles. The first-order chi connectivity index (χ1) is 13.9. The van der Waals surface area contributed by atoms with Crippen molar-refractivity contribution in [3.05, 3.63) is 35.4 Å². The Hall–Kier alpha value is -2.49. The first-order valence-electron chi connectivity index (χ1n) is 9.85. The molecule has 0 bridgehead atoms. The van der Waals surface area contributed by atoms with Crippen molar-refractivity contribution in [1.82, 2.24) is 20.0 Å². The number of amides is 1. The third-order valence-electron chi connectivity index (χ3n) is 4.87. The fourth-order valence-electron chi connectivity index (χ4n) is 3.32. The molecule has 0 radical (unpaired) electrons. The number of carboxylic acid groups (broad SMARTS) is 2. The van der Waals surface area contributed by atoms with Crippen LogP contribution in [-0.2, 0) is 16.1 Å². The summed E-state index contributed by atoms with van der Waals surface area (Å²) >= 11 is 0. The summed E-state index contributed by atoms with van der Waals surface area (Å²) in [5.74, 6) is -1.88. The summed E-state index contributed by atoms with van der Waals surface area (Å²) in [4.78, 5) is 40.0. The Morgan fingerprint density at radius 2 is 1.28 bits per heavy atom. The van der Waals surface area contributed by atoms with Crippen LogP contribution in [0.25, 0.3) is 0 Å². The summed E-state index contributed by atoms with van der Waals surface area (Å²) in [6.07, 6.45) is 0. The molecule has 1 aromatic carbocycles. The van der Waals surface area contributed by atoms with E-state index in [0.717, 1.165) is 5.56 Å². The van der Waals surface area contributed by atoms with Crippen molar-refractivity contribution in [2.75, 3.05) is 58.9 Å². The number of rotatable bonds is 8. The van der Waals surface area contributed by atoms with E-state index in [2.05, 4.69) is 10.2 Å². The van der Waals surface area contributed by atoms with E-state index in [1.165, 1.54) is 0 Å². The quantitative estimate of drug-likeness (QED) is 0.554. The zero-order valence-electron chi connectivity index (χ0n) is 16.8. The molecule has 0 unspecified atom stereocenters. The Bertz CT molecular complexity index is 667. The van der Waals surface area contributed by atoms with Crippen molar-refractivity contribution in [1.29, 1.82) is 0 Å². The minimum atomic E-state index is -0.887. The van der Waals surface area contributed by atoms with Gasteiger partial charge in [0.1, 0.15) is 0 Å². The number of carbonyl (C=O) groups is 3. The topological polar surface area (TPSA) is 113 Å². The number of aliphatic carboxylic acids is 2. The van der Waals surface area contributed by atoms with Gasteiger partial charge in [0.25, 0.3) is 5.91 Å². The zero-order valence-corrected chi connectivity index (χ0v) is 16.8. The highest BCUT2D eigenvalue weighted by atomic mass is 16.4. The molecule has 0 atom stereocenters. The molecule has 0 spiro atoms. The van der Waals surface area contributed by atoms with E-state index in [0.29, 0.717) is 57.9 Å². The summed E-state index contributed by atoms with van der Waals surface area (Å²) in [5.41, 5.74) is 1.66. The average molecular weight is 406 g/mol. The molecule has 0 saturated carbocycles. The Morgan fingerprint density at radius 3 is 1.69 bits per heavy atom. The minimum Gasteiger partial charge on any atom is -0.480 e. The smallest absolute Gasteiger partial charge is 0.317 e. The maximum atomic E-state index is 11.9. The lowest BCUT2D eigenvalue weighted by molar-refractivity contribution is -0.140. The predicted octanol–water partition coefficient (Wildman–Crippen LogP) is 0.0251. The molecular weight excluding hydrogens is 376 g/mol. The highest BCUT2D eigenvalue weighted by Gasteiger charge is 2.19. The lowest BCUT2D eigenvalue weighted by Crippen LogP contribution is -2.40. The maximum Gasteiger partial charge on any atom is 0.317 e. The second-order valence-electron chi connectivity index (χ2n) is 7.17. The van der Waals surface area contributed by atoms with Gasteiger partial charge in [-0.15, -0.1) is 0 Å². The molecule has 1 fully saturated rings. The lowest BCUT2D eigenvalue weighted by Gasteiger charge is -2.25. The van der Waals surface area contributed by atoms with Crippen molar-refractivity contribution in [2.24, 2.45) is 0 Å². The molecule has 9 heteroatoms. The van der Waals surface area contributed by atoms with Crippen LogP contribution in [0.3, 0.4) is 0 Å². The van der Waals surface area contributed by atoms with Crippen molar-refractivity contribution in [3.8, 4) is 0 Å². The molecule has 1 heterocycles. The highest BCUT2D eigenvalue weighted by Crippen LogP contribution is 2.10. The van der Waals surface area contributed by atoms with Crippen LogP contribution in [0.1, 0.15) is 22.8 Å². The number of nitrogens with zero attached hydrogens (tertiary/aromatic N) is 3. The van der Waals surface area contributed by atoms with Gasteiger partial charge in [-0.25, -0.2) is 0 Å². The molecule has 29 heavy (non-hydrogen) atoms. The second kappa shape index (κ2) is 11.5. The van der Waals surface area contributed by atoms with Crippen LogP contribution in [0.5, 0.6) is 0 Å². The Balaban J connectivity index is 2.04. The molecule has 1 amide bonds. The largest absolute Gasteiger partial charge is 0.480 e. The van der Waals surface area contributed by atoms with E-state index >= 15 is 0 Å². The normalized spacial score (nSPS) is 17.1. The number of hydrogen-bond donors (Lipinski definition) is 3. The number of hydrogen-bond acceptors (Lipinski definition) is 6. The first kappa shape index (κ1) is 22.8. The van der Waals surface area contributed by atoms with Crippen LogP contribution in [0, 0.1) is 0 Å². The summed E-state index contributed by atoms with van der Waals surface area (Å²) < 4.78 is 0. The van der Waals surface area contributed by atoms with E-state index in [-0.39, 0.29) is 19.0 Å². The highest BCUT2D eigenvalue weighted by molar-refractivity contribution is 5.94. The van der Waals surface area contributed by atoms with Gasteiger partial charge in [-0.1, -0.05) is 12.1 Å². The molecule has 0 aromatic heterocycles. The third kappa shape index (κ3) is 8.18. The summed E-state index contributed by atoms with van der Waals surface area (Å²) in [7, 11) is 0. The number of benzene rings is 1. The third-order valence-corrected chi connectivity index (χ3v) is 4.87. The Morgan fingerprint density at radius 1 is 0.828 bits per heavy atom. The van der Waals surface area contributed by atoms with Crippen molar-refractivity contribution in [3.63, 3.8) is 0 Å². The fourth-order valence-corrected chi connectivity index (χ4v) is 3.32. The van der Waals surface area contributed by atoms with Gasteiger partial charge < -0.3 is 15.5 Å². The van der Waals surface area contributed by atoms with Crippen LogP contribution in [-0.4, -0.2) is 102 Å². The van der Waals surface area contributed by atoms with Crippen LogP contribution >= 0.6 is 0 Å². The van der Waals surface area contributed by atoms with E-state index in [9.17, 15) is 14.4 Å². The van der Waals surface area contributed by atoms with Crippen LogP contribution in [0.2, 0.25) is 0 Å². The van der Waals surface area contributed by atoms with E-state index in [4.69, 9.17) is 10.2 Å². The van der Waals surface area contributed by atoms with Gasteiger partial charge >= 0.3 is 11.9 Å². The molecule has 160 valence electrons. The molecule has 9 nitrogen and oxygen atoms in total. The molecule has 1 aliphatic rings. The van der Waals surface area contributed by atoms with Gasteiger partial charge in [0.2, 0.25) is 0 Å². The number of nitrogens with one attached hydrogen (secondary N) is 1. The van der Waals surface area contributed by atoms with Gasteiger partial charge in [0.15, 0.2) is 0 Å². The predicted molar refractivity (Wildman–Crippen MR) is 108 cm³/mol. The lowest BCUT2D eigenvalue weighted by atomic mass is 10.1. The van der Waals surface area contributed by atoms with Crippen molar-refractivity contribution < 1.29 is 24.6 Å². The summed E-state index contributed by atoms with van der Waals surface area (Å²) in [5, 5.41) is 21.0. The molecule has 1 aliphatic heterocycles. The number of carbonyl (C=O) groups excluding carboxylic acids is 1. The monoisotopic (exact) mass is 406 g/mol. The maximum absolute atomic E-state index is 11.9. The Labute approximate surface area is 170 Å². The molecule has 2 rings (SSSR count). The van der Waals surface area contributed by atoms with E-state index in [1.807, 2.05) is 28.9 Å². The standard InChI is InChI=1S/C20H30N4O5/c1-2-21-20(29)17-5-3-16(4-6-17)13-22-7-9-23(14-18(25)26)11-12-24(10-8-22)15-19(27)28/h3-6H,2,7-15H2,1H3,(H,21,29)(H,25,26)(H,27,28). The van der Waals surface area contributed by atoms with E-state index < -0.39 is 11.9 Å². The van der Waals surface area contributed by atoms with Gasteiger partial charge in [0, 0.05) is 57.9 Å². The minimum absolute atomic E-state index is 0.0595. The molecule has 0 aliphatic carbocycles. The Kier molecular flexibility index (Phi) is 9.04. The second-order valence-corrected chi connectivity index (χ2v) is 7.17. The first-order valence-corrected chi connectivity index (χ1v) is 9.85. The van der Waals surface area contributed by atoms with Crippen molar-refractivity contribution >= 4 is 17.8 Å². The SMILES string of the molecule is CCNC(=O)c1ccc(CN2CCN(CC(=O)O)CCN(CC(=O)O)CC2)cc1. The van der Waals surface area contributed by atoms with Gasteiger partial charge in [-0.05, 0) is 24.6 Å². The summed E-state index contributed by atoms with van der Waals surface area (Å²) in [6, 6.07) is 7.43. The fraction of sp³-hybridized carbons (Fsp3) is 0.550. The van der Waals surface area contributed by atoms with Gasteiger partial charge in [0.05, 0.1) is 13.1 Å². The van der Waals surface area contributed by atoms with Crippen LogP contribution < -0.4 is 5.32 Å². The zero-order chi connectivity index (χ0) is 21.2.